The summed E-state index contributed by atoms with van der Waals surface area (Å²) in [6.45, 7) is 4.19. The van der Waals surface area contributed by atoms with Crippen LogP contribution in [0.1, 0.15) is 47.4 Å². The van der Waals surface area contributed by atoms with Gasteiger partial charge in [0.2, 0.25) is 0 Å². The molecule has 292 valence electrons. The number of carbonyl (C=O) groups excluding carboxylic acids is 3. The quantitative estimate of drug-likeness (QED) is 0.0621. The predicted molar refractivity (Wildman–Crippen MR) is 183 cm³/mol. The minimum atomic E-state index is -4.61. The van der Waals surface area contributed by atoms with Gasteiger partial charge in [-0.1, -0.05) is 38.1 Å². The van der Waals surface area contributed by atoms with Gasteiger partial charge in [-0.2, -0.15) is 17.5 Å². The number of ether oxygens (including phenoxy) is 4. The van der Waals surface area contributed by atoms with Gasteiger partial charge >= 0.3 is 70.9 Å². The Balaban J connectivity index is 0.000000373. The zero-order valence-corrected chi connectivity index (χ0v) is 34.2. The van der Waals surface area contributed by atoms with Gasteiger partial charge in [-0.05, 0) is 37.1 Å². The van der Waals surface area contributed by atoms with Crippen LogP contribution in [0.5, 0.6) is 12.0 Å². The molecule has 1 N–H and O–H groups in total. The van der Waals surface area contributed by atoms with Crippen LogP contribution < -0.4 is 60.2 Å². The molecule has 0 radical (unpaired) electrons. The van der Waals surface area contributed by atoms with E-state index in [1.165, 1.54) is 50.5 Å². The standard InChI is InChI=1S/2C15H18N4O7S.Na/c2*1-4-9-26-14-16-19(15(22)18(14)2)13(21)17-27(23,24)11-8-6-5-7-10(11)12(20)25-3;/h2*5-8H,4,9H2,1-3H3,(H,17,21);/q;;+1/p-1. The maximum Gasteiger partial charge on any atom is 1.00 e. The van der Waals surface area contributed by atoms with Gasteiger partial charge in [0.15, 0.2) is 0 Å². The third-order valence-electron chi connectivity index (χ3n) is 6.70. The van der Waals surface area contributed by atoms with Gasteiger partial charge in [0, 0.05) is 14.1 Å². The average molecular weight is 819 g/mol. The summed E-state index contributed by atoms with van der Waals surface area (Å²) < 4.78 is 76.7. The van der Waals surface area contributed by atoms with Gasteiger partial charge in [-0.15, -0.1) is 14.9 Å². The molecule has 0 bridgehead atoms. The van der Waals surface area contributed by atoms with Crippen LogP contribution in [-0.2, 0) is 43.6 Å². The first kappa shape index (κ1) is 45.9. The van der Waals surface area contributed by atoms with Gasteiger partial charge in [-0.25, -0.2) is 46.2 Å². The zero-order valence-electron chi connectivity index (χ0n) is 30.6. The Hall–Kier alpha value is -5.30. The smallest absolute Gasteiger partial charge is 0.844 e. The number of nitrogens with zero attached hydrogens (tertiary/aromatic N) is 7. The fourth-order valence-corrected chi connectivity index (χ4v) is 6.27. The van der Waals surface area contributed by atoms with E-state index in [0.717, 1.165) is 35.5 Å². The zero-order chi connectivity index (χ0) is 40.4. The molecule has 0 aliphatic carbocycles. The molecule has 2 aromatic heterocycles. The molecule has 0 saturated heterocycles. The first-order valence-electron chi connectivity index (χ1n) is 15.5. The van der Waals surface area contributed by atoms with Crippen molar-refractivity contribution in [3.05, 3.63) is 80.6 Å². The molecule has 2 heterocycles. The fraction of sp³-hybridized carbons (Fsp3) is 0.333. The maximum atomic E-state index is 12.5. The molecule has 25 heteroatoms. The van der Waals surface area contributed by atoms with E-state index in [9.17, 15) is 45.9 Å². The van der Waals surface area contributed by atoms with Crippen LogP contribution in [0, 0.1) is 0 Å². The molecule has 0 atom stereocenters. The molecular formula is C30H35N8NaO14S2. The molecule has 0 spiro atoms. The van der Waals surface area contributed by atoms with Crippen LogP contribution in [0.2, 0.25) is 0 Å². The van der Waals surface area contributed by atoms with Gasteiger partial charge < -0.3 is 24.1 Å². The van der Waals surface area contributed by atoms with E-state index in [4.69, 9.17) is 9.47 Å². The summed E-state index contributed by atoms with van der Waals surface area (Å²) in [4.78, 5) is 58.9. The van der Waals surface area contributed by atoms with Crippen molar-refractivity contribution in [2.24, 2.45) is 18.5 Å². The molecule has 0 aliphatic heterocycles. The second kappa shape index (κ2) is 19.9. The van der Waals surface area contributed by atoms with Crippen LogP contribution in [0.3, 0.4) is 0 Å². The van der Waals surface area contributed by atoms with E-state index >= 15 is 0 Å². The van der Waals surface area contributed by atoms with Crippen LogP contribution in [0.15, 0.2) is 72.3 Å². The summed E-state index contributed by atoms with van der Waals surface area (Å²) >= 11 is 0. The van der Waals surface area contributed by atoms with Crippen LogP contribution in [-0.4, -0.2) is 97.0 Å². The van der Waals surface area contributed by atoms with Crippen molar-refractivity contribution in [2.45, 2.75) is 36.5 Å². The number of hydrogen-bond donors (Lipinski definition) is 1. The van der Waals surface area contributed by atoms with Gasteiger partial charge in [0.25, 0.3) is 20.0 Å². The van der Waals surface area contributed by atoms with Gasteiger partial charge in [-0.3, -0.25) is 0 Å². The van der Waals surface area contributed by atoms with Gasteiger partial charge in [0.1, 0.15) is 15.8 Å². The Bertz CT molecular complexity index is 2400. The Morgan fingerprint density at radius 1 is 0.745 bits per heavy atom. The summed E-state index contributed by atoms with van der Waals surface area (Å²) in [6, 6.07) is 7.19. The van der Waals surface area contributed by atoms with Crippen molar-refractivity contribution in [1.29, 1.82) is 0 Å². The maximum absolute atomic E-state index is 12.5. The summed E-state index contributed by atoms with van der Waals surface area (Å²) in [5.41, 5.74) is -2.38. The number of sulfonamides is 2. The average Bonchev–Trinajstić information content (AvgIpc) is 3.61. The molecule has 4 rings (SSSR count). The van der Waals surface area contributed by atoms with E-state index in [2.05, 4.69) is 24.1 Å². The number of nitrogens with one attached hydrogen (secondary N) is 1. The van der Waals surface area contributed by atoms with Crippen molar-refractivity contribution in [3.63, 3.8) is 0 Å². The molecule has 4 aromatic rings. The Kier molecular flexibility index (Phi) is 16.6. The first-order valence-corrected chi connectivity index (χ1v) is 18.4. The number of esters is 2. The number of carbonyl (C=O) groups is 3. The third-order valence-corrected chi connectivity index (χ3v) is 9.38. The van der Waals surface area contributed by atoms with E-state index in [1.807, 2.05) is 13.8 Å². The van der Waals surface area contributed by atoms with Crippen molar-refractivity contribution < 1.29 is 84.8 Å². The molecule has 0 aliphatic rings. The minimum absolute atomic E-state index is 0. The van der Waals surface area contributed by atoms with Crippen LogP contribution >= 0.6 is 0 Å². The molecule has 55 heavy (non-hydrogen) atoms. The largest absolute Gasteiger partial charge is 1.00 e. The summed E-state index contributed by atoms with van der Waals surface area (Å²) in [6.07, 6.45) is 1.28. The first-order chi connectivity index (χ1) is 25.4. The molecular weight excluding hydrogens is 783 g/mol. The number of rotatable bonds is 12. The molecule has 22 nitrogen and oxygen atoms in total. The van der Waals surface area contributed by atoms with Crippen molar-refractivity contribution in [1.82, 2.24) is 33.4 Å². The van der Waals surface area contributed by atoms with E-state index in [-0.39, 0.29) is 70.6 Å². The topological polar surface area (TPSA) is 284 Å². The summed E-state index contributed by atoms with van der Waals surface area (Å²) in [5.74, 6) is -1.81. The minimum Gasteiger partial charge on any atom is -0.844 e. The number of benzene rings is 2. The third kappa shape index (κ3) is 10.9. The molecule has 1 amide bonds. The van der Waals surface area contributed by atoms with Crippen LogP contribution in [0.4, 0.5) is 4.79 Å². The Labute approximate surface area is 335 Å². The number of hydrogen-bond acceptors (Lipinski definition) is 16. The monoisotopic (exact) mass is 818 g/mol. The van der Waals surface area contributed by atoms with Crippen molar-refractivity contribution in [2.75, 3.05) is 27.4 Å². The summed E-state index contributed by atoms with van der Waals surface area (Å²) in [5, 5.41) is 19.5. The number of amides is 1. The van der Waals surface area contributed by atoms with Crippen LogP contribution in [0.25, 0.3) is 0 Å². The van der Waals surface area contributed by atoms with E-state index in [0.29, 0.717) is 17.5 Å². The molecule has 0 unspecified atom stereocenters. The number of aromatic nitrogens is 6. The fourth-order valence-electron chi connectivity index (χ4n) is 4.09. The number of methoxy groups -OCH3 is 2. The second-order valence-electron chi connectivity index (χ2n) is 10.5. The van der Waals surface area contributed by atoms with Crippen molar-refractivity contribution >= 4 is 44.0 Å². The Morgan fingerprint density at radius 2 is 1.16 bits per heavy atom. The predicted octanol–water partition coefficient (Wildman–Crippen LogP) is -3.78. The molecule has 2 aromatic carbocycles. The molecule has 0 fully saturated rings. The summed E-state index contributed by atoms with van der Waals surface area (Å²) in [7, 11) is -4.28. The van der Waals surface area contributed by atoms with E-state index in [1.54, 1.807) is 4.72 Å². The van der Waals surface area contributed by atoms with E-state index < -0.39 is 65.2 Å². The normalized spacial score (nSPS) is 11.3. The van der Waals surface area contributed by atoms with Gasteiger partial charge in [0.05, 0.1) is 38.6 Å². The Morgan fingerprint density at radius 3 is 1.64 bits per heavy atom. The second-order valence-corrected chi connectivity index (χ2v) is 13.7. The SMILES string of the molecule is CCCOc1nn(C(=O)NS(=O)(=O)c2ccccc2C(=O)OC)c(=O)n1C.CCCOc1nn(C([O-])=NS(=O)(=O)c2ccccc2C(=O)OC)c(=O)n1C.[Na+]. The van der Waals surface area contributed by atoms with Crippen molar-refractivity contribution in [3.8, 4) is 12.0 Å². The molecule has 0 saturated carbocycles.